The number of benzene rings is 1. The summed E-state index contributed by atoms with van der Waals surface area (Å²) in [6, 6.07) is 7.48. The molecule has 1 saturated heterocycles. The molecule has 1 fully saturated rings. The van der Waals surface area contributed by atoms with Gasteiger partial charge in [-0.3, -0.25) is 14.5 Å². The van der Waals surface area contributed by atoms with Crippen LogP contribution < -0.4 is 10.1 Å². The average Bonchev–Trinajstić information content (AvgIpc) is 2.63. The predicted octanol–water partition coefficient (Wildman–Crippen LogP) is 3.08. The van der Waals surface area contributed by atoms with Crippen molar-refractivity contribution in [2.45, 2.75) is 39.5 Å². The number of rotatable bonds is 9. The predicted molar refractivity (Wildman–Crippen MR) is 101 cm³/mol. The number of ether oxygens (including phenoxy) is 2. The fourth-order valence-electron chi connectivity index (χ4n) is 2.99. The smallest absolute Gasteiger partial charge is 0.309 e. The Balaban J connectivity index is 1.75. The lowest BCUT2D eigenvalue weighted by Crippen LogP contribution is -2.41. The molecule has 0 spiro atoms. The fraction of sp³-hybridized carbons (Fsp3) is 0.600. The van der Waals surface area contributed by atoms with Gasteiger partial charge in [0.25, 0.3) is 0 Å². The zero-order chi connectivity index (χ0) is 18.8. The van der Waals surface area contributed by atoms with E-state index in [1.165, 1.54) is 0 Å². The number of nitrogens with zero attached hydrogens (tertiary/aromatic N) is 1. The van der Waals surface area contributed by atoms with E-state index in [-0.39, 0.29) is 17.8 Å². The van der Waals surface area contributed by atoms with Gasteiger partial charge in [-0.25, -0.2) is 0 Å². The van der Waals surface area contributed by atoms with Gasteiger partial charge >= 0.3 is 5.97 Å². The third-order valence-electron chi connectivity index (χ3n) is 4.46. The number of likely N-dealkylation sites (tertiary alicyclic amines) is 1. The molecule has 0 aromatic heterocycles. The van der Waals surface area contributed by atoms with Gasteiger partial charge < -0.3 is 14.8 Å². The van der Waals surface area contributed by atoms with Gasteiger partial charge in [-0.05, 0) is 51.4 Å². The third kappa shape index (κ3) is 6.67. The average molecular weight is 362 g/mol. The maximum atomic E-state index is 12.3. The van der Waals surface area contributed by atoms with Crippen molar-refractivity contribution < 1.29 is 19.1 Å². The van der Waals surface area contributed by atoms with E-state index in [0.717, 1.165) is 50.2 Å². The van der Waals surface area contributed by atoms with Gasteiger partial charge in [0.15, 0.2) is 0 Å². The second-order valence-electron chi connectivity index (χ2n) is 6.58. The number of hydrogen-bond acceptors (Lipinski definition) is 5. The highest BCUT2D eigenvalue weighted by Crippen LogP contribution is 2.20. The summed E-state index contributed by atoms with van der Waals surface area (Å²) < 4.78 is 10.7. The number of piperidine rings is 1. The fourth-order valence-corrected chi connectivity index (χ4v) is 2.99. The largest absolute Gasteiger partial charge is 0.494 e. The highest BCUT2D eigenvalue weighted by atomic mass is 16.5. The Hall–Kier alpha value is -2.08. The lowest BCUT2D eigenvalue weighted by molar-refractivity contribution is -0.149. The number of unbranched alkanes of at least 4 members (excludes halogenated alkanes) is 1. The van der Waals surface area contributed by atoms with E-state index in [0.29, 0.717) is 19.8 Å². The van der Waals surface area contributed by atoms with Crippen LogP contribution in [0.2, 0.25) is 0 Å². The van der Waals surface area contributed by atoms with Crippen LogP contribution in [0.25, 0.3) is 0 Å². The molecule has 1 N–H and O–H groups in total. The minimum Gasteiger partial charge on any atom is -0.494 e. The Morgan fingerprint density at radius 2 is 2.00 bits per heavy atom. The van der Waals surface area contributed by atoms with Crippen molar-refractivity contribution in [1.29, 1.82) is 0 Å². The van der Waals surface area contributed by atoms with E-state index >= 15 is 0 Å². The second-order valence-corrected chi connectivity index (χ2v) is 6.58. The molecule has 0 saturated carbocycles. The van der Waals surface area contributed by atoms with Crippen LogP contribution >= 0.6 is 0 Å². The zero-order valence-electron chi connectivity index (χ0n) is 15.8. The van der Waals surface area contributed by atoms with E-state index in [9.17, 15) is 9.59 Å². The first-order valence-electron chi connectivity index (χ1n) is 9.54. The number of carbonyl (C=O) groups excluding carboxylic acids is 2. The summed E-state index contributed by atoms with van der Waals surface area (Å²) in [6.45, 7) is 6.84. The summed E-state index contributed by atoms with van der Waals surface area (Å²) in [5, 5.41) is 2.92. The van der Waals surface area contributed by atoms with E-state index in [4.69, 9.17) is 9.47 Å². The van der Waals surface area contributed by atoms with Gasteiger partial charge in [-0.1, -0.05) is 19.4 Å². The summed E-state index contributed by atoms with van der Waals surface area (Å²) in [5.41, 5.74) is 0.741. The number of carbonyl (C=O) groups is 2. The lowest BCUT2D eigenvalue weighted by Gasteiger charge is -2.30. The standard InChI is InChI=1S/C20H30N2O4/c1-3-5-13-26-18-8-6-7-17(14-18)21-19(23)15-22-11-9-16(10-12-22)20(24)25-4-2/h6-8,14,16H,3-5,9-13,15H2,1-2H3,(H,21,23). The van der Waals surface area contributed by atoms with Gasteiger partial charge in [0, 0.05) is 11.8 Å². The molecule has 1 aromatic rings. The number of esters is 1. The molecular formula is C20H30N2O4. The van der Waals surface area contributed by atoms with Crippen LogP contribution in [-0.4, -0.2) is 49.6 Å². The van der Waals surface area contributed by atoms with Gasteiger partial charge in [0.2, 0.25) is 5.91 Å². The molecule has 1 aromatic carbocycles. The van der Waals surface area contributed by atoms with Crippen molar-refractivity contribution in [3.8, 4) is 5.75 Å². The van der Waals surface area contributed by atoms with Crippen molar-refractivity contribution in [2.75, 3.05) is 38.2 Å². The summed E-state index contributed by atoms with van der Waals surface area (Å²) in [6.07, 6.45) is 3.58. The molecule has 1 amide bonds. The second kappa shape index (κ2) is 10.8. The van der Waals surface area contributed by atoms with Crippen molar-refractivity contribution >= 4 is 17.6 Å². The third-order valence-corrected chi connectivity index (χ3v) is 4.46. The Labute approximate surface area is 155 Å². The summed E-state index contributed by atoms with van der Waals surface area (Å²) in [7, 11) is 0. The SMILES string of the molecule is CCCCOc1cccc(NC(=O)CN2CCC(C(=O)OCC)CC2)c1. The summed E-state index contributed by atoms with van der Waals surface area (Å²) in [4.78, 5) is 26.1. The van der Waals surface area contributed by atoms with Gasteiger partial charge in [0.05, 0.1) is 25.7 Å². The van der Waals surface area contributed by atoms with Crippen molar-refractivity contribution in [2.24, 2.45) is 5.92 Å². The normalized spacial score (nSPS) is 15.5. The topological polar surface area (TPSA) is 67.9 Å². The van der Waals surface area contributed by atoms with Crippen LogP contribution in [0.1, 0.15) is 39.5 Å². The van der Waals surface area contributed by atoms with Crippen molar-refractivity contribution in [1.82, 2.24) is 4.90 Å². The molecule has 0 radical (unpaired) electrons. The Kier molecular flexibility index (Phi) is 8.41. The molecule has 1 aliphatic heterocycles. The van der Waals surface area contributed by atoms with Crippen molar-refractivity contribution in [3.05, 3.63) is 24.3 Å². The first kappa shape index (κ1) is 20.2. The molecular weight excluding hydrogens is 332 g/mol. The minimum absolute atomic E-state index is 0.0359. The van der Waals surface area contributed by atoms with Crippen LogP contribution in [-0.2, 0) is 14.3 Å². The monoisotopic (exact) mass is 362 g/mol. The van der Waals surface area contributed by atoms with Gasteiger partial charge in [-0.2, -0.15) is 0 Å². The molecule has 26 heavy (non-hydrogen) atoms. The van der Waals surface area contributed by atoms with Crippen LogP contribution in [0.3, 0.4) is 0 Å². The van der Waals surface area contributed by atoms with Gasteiger partial charge in [0.1, 0.15) is 5.75 Å². The van der Waals surface area contributed by atoms with Crippen LogP contribution in [0, 0.1) is 5.92 Å². The number of nitrogens with one attached hydrogen (secondary N) is 1. The summed E-state index contributed by atoms with van der Waals surface area (Å²) >= 11 is 0. The number of amides is 1. The quantitative estimate of drug-likeness (QED) is 0.540. The first-order valence-corrected chi connectivity index (χ1v) is 9.54. The van der Waals surface area contributed by atoms with E-state index in [2.05, 4.69) is 17.1 Å². The van der Waals surface area contributed by atoms with Crippen LogP contribution in [0.15, 0.2) is 24.3 Å². The molecule has 6 nitrogen and oxygen atoms in total. The number of anilines is 1. The number of hydrogen-bond donors (Lipinski definition) is 1. The highest BCUT2D eigenvalue weighted by molar-refractivity contribution is 5.92. The molecule has 1 aliphatic rings. The van der Waals surface area contributed by atoms with E-state index < -0.39 is 0 Å². The summed E-state index contributed by atoms with van der Waals surface area (Å²) in [5.74, 6) is 0.569. The Morgan fingerprint density at radius 3 is 2.69 bits per heavy atom. The van der Waals surface area contributed by atoms with E-state index in [1.54, 1.807) is 0 Å². The molecule has 2 rings (SSSR count). The lowest BCUT2D eigenvalue weighted by atomic mass is 9.97. The molecule has 0 unspecified atom stereocenters. The molecule has 0 atom stereocenters. The Bertz CT molecular complexity index is 583. The molecule has 0 bridgehead atoms. The van der Waals surface area contributed by atoms with Crippen molar-refractivity contribution in [3.63, 3.8) is 0 Å². The van der Waals surface area contributed by atoms with Crippen LogP contribution in [0.5, 0.6) is 5.75 Å². The maximum absolute atomic E-state index is 12.3. The molecule has 6 heteroatoms. The minimum atomic E-state index is -0.114. The highest BCUT2D eigenvalue weighted by Gasteiger charge is 2.26. The molecule has 0 aliphatic carbocycles. The van der Waals surface area contributed by atoms with Crippen LogP contribution in [0.4, 0.5) is 5.69 Å². The zero-order valence-corrected chi connectivity index (χ0v) is 15.8. The molecule has 1 heterocycles. The van der Waals surface area contributed by atoms with Gasteiger partial charge in [-0.15, -0.1) is 0 Å². The Morgan fingerprint density at radius 1 is 1.23 bits per heavy atom. The maximum Gasteiger partial charge on any atom is 0.309 e. The van der Waals surface area contributed by atoms with E-state index in [1.807, 2.05) is 31.2 Å². The first-order chi connectivity index (χ1) is 12.6. The molecule has 144 valence electrons.